The van der Waals surface area contributed by atoms with Gasteiger partial charge in [-0.05, 0) is 58.0 Å². The fraction of sp³-hybridized carbons (Fsp3) is 0.364. The number of aryl methyl sites for hydroxylation is 1. The fourth-order valence-electron chi connectivity index (χ4n) is 3.10. The molecule has 0 unspecified atom stereocenters. The highest BCUT2D eigenvalue weighted by Crippen LogP contribution is 2.39. The van der Waals surface area contributed by atoms with Gasteiger partial charge in [-0.3, -0.25) is 4.79 Å². The minimum Gasteiger partial charge on any atom is -0.490 e. The maximum atomic E-state index is 13.6. The minimum atomic E-state index is -0.436. The molecule has 1 heterocycles. The molecule has 0 aliphatic carbocycles. The average Bonchev–Trinajstić information content (AvgIpc) is 3.06. The number of nitrogens with zero attached hydrogens (tertiary/aromatic N) is 2. The highest BCUT2D eigenvalue weighted by atomic mass is 32.1. The largest absolute Gasteiger partial charge is 0.490 e. The van der Waals surface area contributed by atoms with Gasteiger partial charge in [-0.25, -0.2) is 4.39 Å². The summed E-state index contributed by atoms with van der Waals surface area (Å²) < 4.78 is 33.3. The lowest BCUT2D eigenvalue weighted by molar-refractivity contribution is 0.0996. The van der Waals surface area contributed by atoms with E-state index in [-0.39, 0.29) is 5.82 Å². The number of rotatable bonds is 8. The predicted molar refractivity (Wildman–Crippen MR) is 115 cm³/mol. The van der Waals surface area contributed by atoms with Crippen LogP contribution in [0, 0.1) is 5.82 Å². The first kappa shape index (κ1) is 21.8. The van der Waals surface area contributed by atoms with Gasteiger partial charge in [0.1, 0.15) is 5.82 Å². The number of aromatic nitrogens is 1. The topological polar surface area (TPSA) is 62.0 Å². The number of amides is 1. The highest BCUT2D eigenvalue weighted by Gasteiger charge is 2.18. The second-order valence-corrected chi connectivity index (χ2v) is 7.27. The van der Waals surface area contributed by atoms with Crippen LogP contribution in [0.2, 0.25) is 0 Å². The van der Waals surface area contributed by atoms with E-state index in [9.17, 15) is 9.18 Å². The first-order valence-electron chi connectivity index (χ1n) is 9.96. The third-order valence-corrected chi connectivity index (χ3v) is 5.36. The molecule has 0 N–H and O–H groups in total. The molecule has 0 saturated carbocycles. The van der Waals surface area contributed by atoms with Crippen molar-refractivity contribution in [1.82, 2.24) is 4.57 Å². The van der Waals surface area contributed by atoms with Crippen molar-refractivity contribution in [2.45, 2.75) is 34.2 Å². The molecular weight excluding hydrogens is 407 g/mol. The van der Waals surface area contributed by atoms with E-state index in [4.69, 9.17) is 14.2 Å². The lowest BCUT2D eigenvalue weighted by atomic mass is 10.1. The van der Waals surface area contributed by atoms with Crippen LogP contribution < -0.4 is 19.0 Å². The summed E-state index contributed by atoms with van der Waals surface area (Å²) in [6.45, 7) is 9.41. The van der Waals surface area contributed by atoms with E-state index in [1.165, 1.54) is 23.5 Å². The van der Waals surface area contributed by atoms with Gasteiger partial charge >= 0.3 is 0 Å². The van der Waals surface area contributed by atoms with E-state index < -0.39 is 5.91 Å². The molecule has 30 heavy (non-hydrogen) atoms. The Kier molecular flexibility index (Phi) is 7.10. The van der Waals surface area contributed by atoms with Crippen molar-refractivity contribution in [3.8, 4) is 17.2 Å². The third kappa shape index (κ3) is 4.48. The molecule has 0 radical (unpaired) electrons. The van der Waals surface area contributed by atoms with E-state index in [0.717, 1.165) is 10.2 Å². The van der Waals surface area contributed by atoms with Crippen LogP contribution in [0.15, 0.2) is 35.3 Å². The molecule has 3 aromatic rings. The maximum Gasteiger partial charge on any atom is 0.279 e. The summed E-state index contributed by atoms with van der Waals surface area (Å²) in [6, 6.07) is 7.79. The fourth-order valence-corrected chi connectivity index (χ4v) is 4.22. The molecule has 0 aliphatic heterocycles. The van der Waals surface area contributed by atoms with Gasteiger partial charge in [-0.15, -0.1) is 0 Å². The molecule has 160 valence electrons. The highest BCUT2D eigenvalue weighted by molar-refractivity contribution is 7.16. The predicted octanol–water partition coefficient (Wildman–Crippen LogP) is 4.80. The maximum absolute atomic E-state index is 13.6. The lowest BCUT2D eigenvalue weighted by Gasteiger charge is -2.16. The van der Waals surface area contributed by atoms with E-state index in [0.29, 0.717) is 54.0 Å². The number of ether oxygens (including phenoxy) is 3. The van der Waals surface area contributed by atoms with Crippen LogP contribution in [0.4, 0.5) is 4.39 Å². The van der Waals surface area contributed by atoms with Crippen molar-refractivity contribution in [2.75, 3.05) is 19.8 Å². The summed E-state index contributed by atoms with van der Waals surface area (Å²) in [7, 11) is 0. The lowest BCUT2D eigenvalue weighted by Crippen LogP contribution is -2.16. The number of halogens is 1. The summed E-state index contributed by atoms with van der Waals surface area (Å²) in [5.41, 5.74) is 1.17. The van der Waals surface area contributed by atoms with Gasteiger partial charge in [0.15, 0.2) is 16.3 Å². The molecule has 0 fully saturated rings. The van der Waals surface area contributed by atoms with E-state index in [1.54, 1.807) is 18.2 Å². The number of benzene rings is 2. The second-order valence-electron chi connectivity index (χ2n) is 6.26. The Labute approximate surface area is 178 Å². The summed E-state index contributed by atoms with van der Waals surface area (Å²) in [6.07, 6.45) is 0. The monoisotopic (exact) mass is 432 g/mol. The quantitative estimate of drug-likeness (QED) is 0.513. The molecule has 0 aliphatic rings. The van der Waals surface area contributed by atoms with Gasteiger partial charge in [0.25, 0.3) is 5.91 Å². The molecule has 2 aromatic carbocycles. The molecule has 0 spiro atoms. The number of carbonyl (C=O) groups is 1. The van der Waals surface area contributed by atoms with Crippen molar-refractivity contribution in [3.63, 3.8) is 0 Å². The van der Waals surface area contributed by atoms with Crippen LogP contribution in [0.5, 0.6) is 17.2 Å². The van der Waals surface area contributed by atoms with Gasteiger partial charge in [-0.1, -0.05) is 11.3 Å². The van der Waals surface area contributed by atoms with Crippen LogP contribution in [-0.2, 0) is 6.54 Å². The standard InChI is InChI=1S/C22H25FN2O4S/c1-5-25-16-10-9-15(23)13-19(16)30-22(25)24-21(26)14-11-17(27-6-2)20(29-8-4)18(12-14)28-7-3/h9-13H,5-8H2,1-4H3. The van der Waals surface area contributed by atoms with Crippen molar-refractivity contribution in [3.05, 3.63) is 46.5 Å². The van der Waals surface area contributed by atoms with E-state index in [2.05, 4.69) is 4.99 Å². The molecule has 0 bridgehead atoms. The Bertz CT molecular complexity index is 1090. The number of fused-ring (bicyclic) bond motifs is 1. The minimum absolute atomic E-state index is 0.320. The normalized spacial score (nSPS) is 11.7. The molecule has 8 heteroatoms. The van der Waals surface area contributed by atoms with Gasteiger partial charge in [0.2, 0.25) is 5.75 Å². The zero-order valence-corrected chi connectivity index (χ0v) is 18.3. The average molecular weight is 433 g/mol. The third-order valence-electron chi connectivity index (χ3n) is 4.31. The molecule has 6 nitrogen and oxygen atoms in total. The molecule has 0 saturated heterocycles. The van der Waals surface area contributed by atoms with Crippen LogP contribution >= 0.6 is 11.3 Å². The van der Waals surface area contributed by atoms with Gasteiger partial charge < -0.3 is 18.8 Å². The Morgan fingerprint density at radius 2 is 1.63 bits per heavy atom. The van der Waals surface area contributed by atoms with Gasteiger partial charge in [-0.2, -0.15) is 4.99 Å². The summed E-state index contributed by atoms with van der Waals surface area (Å²) in [5, 5.41) is 0. The molecular formula is C22H25FN2O4S. The molecule has 1 aromatic heterocycles. The zero-order valence-electron chi connectivity index (χ0n) is 17.5. The molecule has 0 atom stereocenters. The van der Waals surface area contributed by atoms with Crippen molar-refractivity contribution in [1.29, 1.82) is 0 Å². The summed E-state index contributed by atoms with van der Waals surface area (Å²) in [4.78, 5) is 17.8. The van der Waals surface area contributed by atoms with Crippen molar-refractivity contribution >= 4 is 27.5 Å². The molecule has 1 amide bonds. The Balaban J connectivity index is 2.11. The van der Waals surface area contributed by atoms with Gasteiger partial charge in [0, 0.05) is 12.1 Å². The van der Waals surface area contributed by atoms with Crippen LogP contribution in [-0.4, -0.2) is 30.3 Å². The summed E-state index contributed by atoms with van der Waals surface area (Å²) in [5.74, 6) is 0.586. The van der Waals surface area contributed by atoms with E-state index >= 15 is 0 Å². The first-order valence-corrected chi connectivity index (χ1v) is 10.8. The van der Waals surface area contributed by atoms with E-state index in [1.807, 2.05) is 32.3 Å². The zero-order chi connectivity index (χ0) is 21.7. The Hall–Kier alpha value is -2.87. The smallest absolute Gasteiger partial charge is 0.279 e. The van der Waals surface area contributed by atoms with Crippen LogP contribution in [0.1, 0.15) is 38.1 Å². The van der Waals surface area contributed by atoms with Crippen molar-refractivity contribution < 1.29 is 23.4 Å². The number of hydrogen-bond donors (Lipinski definition) is 0. The van der Waals surface area contributed by atoms with Crippen LogP contribution in [0.3, 0.4) is 0 Å². The number of carbonyl (C=O) groups excluding carboxylic acids is 1. The second kappa shape index (κ2) is 9.75. The molecule has 3 rings (SSSR count). The summed E-state index contributed by atoms with van der Waals surface area (Å²) >= 11 is 1.27. The van der Waals surface area contributed by atoms with Gasteiger partial charge in [0.05, 0.1) is 30.0 Å². The number of thiazole rings is 1. The van der Waals surface area contributed by atoms with Crippen molar-refractivity contribution in [2.24, 2.45) is 4.99 Å². The first-order chi connectivity index (χ1) is 14.5. The Morgan fingerprint density at radius 1 is 1.00 bits per heavy atom. The number of hydrogen-bond acceptors (Lipinski definition) is 5. The SMILES string of the molecule is CCOc1cc(C(=O)N=c2sc3cc(F)ccc3n2CC)cc(OCC)c1OCC. The Morgan fingerprint density at radius 3 is 2.20 bits per heavy atom. The van der Waals surface area contributed by atoms with Crippen LogP contribution in [0.25, 0.3) is 10.2 Å².